The molecule has 1 N–H and O–H groups in total. The molecule has 0 bridgehead atoms. The largest absolute Gasteiger partial charge is 0.477 e. The molecule has 0 saturated carbocycles. The van der Waals surface area contributed by atoms with Crippen molar-refractivity contribution in [3.8, 4) is 5.75 Å². The number of anilines is 1. The minimum atomic E-state index is -0.735. The number of carbonyl (C=O) groups excluding carboxylic acids is 2. The fraction of sp³-hybridized carbons (Fsp3) is 0.176. The van der Waals surface area contributed by atoms with Gasteiger partial charge < -0.3 is 14.8 Å². The first-order valence-electron chi connectivity index (χ1n) is 7.54. The number of benzene rings is 2. The first-order chi connectivity index (χ1) is 12.4. The Morgan fingerprint density at radius 1 is 1.19 bits per heavy atom. The highest BCUT2D eigenvalue weighted by Gasteiger charge is 2.17. The maximum Gasteiger partial charge on any atom is 0.338 e. The summed E-state index contributed by atoms with van der Waals surface area (Å²) >= 11 is 0. The lowest BCUT2D eigenvalue weighted by Gasteiger charge is -2.08. The number of rotatable bonds is 7. The van der Waals surface area contributed by atoms with Crippen LogP contribution in [0.5, 0.6) is 5.75 Å². The van der Waals surface area contributed by atoms with Crippen LogP contribution in [0.25, 0.3) is 0 Å². The molecule has 0 unspecified atom stereocenters. The first kappa shape index (κ1) is 18.8. The molecular weight excluding hydrogens is 347 g/mol. The number of esters is 1. The van der Waals surface area contributed by atoms with Gasteiger partial charge in [-0.2, -0.15) is 0 Å². The van der Waals surface area contributed by atoms with Gasteiger partial charge in [-0.25, -0.2) is 9.18 Å². The van der Waals surface area contributed by atoms with Crippen molar-refractivity contribution in [2.24, 2.45) is 0 Å². The first-order valence-corrected chi connectivity index (χ1v) is 7.54. The minimum Gasteiger partial charge on any atom is -0.477 e. The van der Waals surface area contributed by atoms with Crippen LogP contribution in [0.1, 0.15) is 17.3 Å². The van der Waals surface area contributed by atoms with E-state index in [9.17, 15) is 24.1 Å². The molecule has 0 aliphatic carbocycles. The Morgan fingerprint density at radius 2 is 1.88 bits per heavy atom. The van der Waals surface area contributed by atoms with Gasteiger partial charge in [-0.05, 0) is 37.3 Å². The molecule has 0 radical (unpaired) electrons. The number of nitrogens with one attached hydrogen (secondary N) is 1. The van der Waals surface area contributed by atoms with E-state index in [1.54, 1.807) is 6.92 Å². The monoisotopic (exact) mass is 362 g/mol. The number of ether oxygens (including phenoxy) is 2. The van der Waals surface area contributed by atoms with E-state index in [4.69, 9.17) is 9.47 Å². The predicted molar refractivity (Wildman–Crippen MR) is 89.6 cm³/mol. The zero-order valence-corrected chi connectivity index (χ0v) is 13.7. The van der Waals surface area contributed by atoms with E-state index in [0.717, 1.165) is 18.2 Å². The third-order valence-corrected chi connectivity index (χ3v) is 3.16. The number of hydrogen-bond acceptors (Lipinski definition) is 6. The zero-order valence-electron chi connectivity index (χ0n) is 13.7. The van der Waals surface area contributed by atoms with Gasteiger partial charge >= 0.3 is 11.7 Å². The number of amides is 1. The van der Waals surface area contributed by atoms with E-state index >= 15 is 0 Å². The van der Waals surface area contributed by atoms with Crippen LogP contribution >= 0.6 is 0 Å². The summed E-state index contributed by atoms with van der Waals surface area (Å²) in [6.07, 6.45) is 0. The summed E-state index contributed by atoms with van der Waals surface area (Å²) in [5.41, 5.74) is 0.273. The van der Waals surface area contributed by atoms with E-state index in [2.05, 4.69) is 5.32 Å². The summed E-state index contributed by atoms with van der Waals surface area (Å²) in [5.74, 6) is -2.15. The number of halogens is 1. The molecular formula is C17H15FN2O6. The number of carbonyl (C=O) groups is 2. The van der Waals surface area contributed by atoms with Gasteiger partial charge in [0.05, 0.1) is 17.1 Å². The SMILES string of the molecule is CCOC(=O)c1ccc(NC(=O)COc2cc(F)ccc2[N+](=O)[O-])cc1. The molecule has 136 valence electrons. The lowest BCUT2D eigenvalue weighted by molar-refractivity contribution is -0.385. The van der Waals surface area contributed by atoms with Crippen LogP contribution in [0, 0.1) is 15.9 Å². The van der Waals surface area contributed by atoms with Crippen molar-refractivity contribution in [2.75, 3.05) is 18.5 Å². The molecule has 0 aliphatic rings. The van der Waals surface area contributed by atoms with E-state index < -0.39 is 34.9 Å². The highest BCUT2D eigenvalue weighted by atomic mass is 19.1. The average molecular weight is 362 g/mol. The van der Waals surface area contributed by atoms with Gasteiger partial charge in [-0.3, -0.25) is 14.9 Å². The quantitative estimate of drug-likeness (QED) is 0.461. The molecule has 0 saturated heterocycles. The van der Waals surface area contributed by atoms with E-state index in [1.807, 2.05) is 0 Å². The second kappa shape index (κ2) is 8.56. The normalized spacial score (nSPS) is 10.1. The van der Waals surface area contributed by atoms with Crippen LogP contribution < -0.4 is 10.1 Å². The molecule has 2 aromatic rings. The third kappa shape index (κ3) is 5.00. The molecule has 8 nitrogen and oxygen atoms in total. The maximum absolute atomic E-state index is 13.2. The number of hydrogen-bond donors (Lipinski definition) is 1. The molecule has 0 heterocycles. The summed E-state index contributed by atoms with van der Waals surface area (Å²) in [7, 11) is 0. The molecule has 2 aromatic carbocycles. The van der Waals surface area contributed by atoms with Crippen molar-refractivity contribution in [2.45, 2.75) is 6.92 Å². The predicted octanol–water partition coefficient (Wildman–Crippen LogP) is 2.93. The Balaban J connectivity index is 1.96. The topological polar surface area (TPSA) is 108 Å². The fourth-order valence-corrected chi connectivity index (χ4v) is 2.00. The molecule has 1 amide bonds. The van der Waals surface area contributed by atoms with Crippen molar-refractivity contribution in [1.82, 2.24) is 0 Å². The van der Waals surface area contributed by atoms with Crippen molar-refractivity contribution >= 4 is 23.3 Å². The van der Waals surface area contributed by atoms with Crippen molar-refractivity contribution in [1.29, 1.82) is 0 Å². The van der Waals surface area contributed by atoms with Gasteiger partial charge in [0.2, 0.25) is 5.75 Å². The van der Waals surface area contributed by atoms with Gasteiger partial charge in [0.25, 0.3) is 5.91 Å². The van der Waals surface area contributed by atoms with E-state index in [-0.39, 0.29) is 12.4 Å². The summed E-state index contributed by atoms with van der Waals surface area (Å²) in [6, 6.07) is 8.66. The average Bonchev–Trinajstić information content (AvgIpc) is 2.60. The molecule has 2 rings (SSSR count). The lowest BCUT2D eigenvalue weighted by Crippen LogP contribution is -2.20. The molecule has 0 spiro atoms. The van der Waals surface area contributed by atoms with Crippen molar-refractivity contribution in [3.05, 3.63) is 64.0 Å². The van der Waals surface area contributed by atoms with Crippen LogP contribution in [0.4, 0.5) is 15.8 Å². The van der Waals surface area contributed by atoms with E-state index in [1.165, 1.54) is 24.3 Å². The molecule has 0 aliphatic heterocycles. The highest BCUT2D eigenvalue weighted by molar-refractivity contribution is 5.93. The molecule has 0 fully saturated rings. The lowest BCUT2D eigenvalue weighted by atomic mass is 10.2. The smallest absolute Gasteiger partial charge is 0.338 e. The minimum absolute atomic E-state index is 0.251. The Bertz CT molecular complexity index is 823. The number of nitrogens with zero attached hydrogens (tertiary/aromatic N) is 1. The summed E-state index contributed by atoms with van der Waals surface area (Å²) in [4.78, 5) is 33.6. The molecule has 0 aromatic heterocycles. The summed E-state index contributed by atoms with van der Waals surface area (Å²) < 4.78 is 23.1. The van der Waals surface area contributed by atoms with Crippen LogP contribution in [-0.2, 0) is 9.53 Å². The number of nitro groups is 1. The number of nitro benzene ring substituents is 1. The van der Waals surface area contributed by atoms with Gasteiger partial charge in [0.1, 0.15) is 5.82 Å². The van der Waals surface area contributed by atoms with Crippen molar-refractivity contribution < 1.29 is 28.4 Å². The van der Waals surface area contributed by atoms with Gasteiger partial charge in [0, 0.05) is 17.8 Å². The molecule has 0 atom stereocenters. The highest BCUT2D eigenvalue weighted by Crippen LogP contribution is 2.27. The van der Waals surface area contributed by atoms with Crippen LogP contribution in [0.2, 0.25) is 0 Å². The Morgan fingerprint density at radius 3 is 2.50 bits per heavy atom. The molecule has 9 heteroatoms. The molecule has 26 heavy (non-hydrogen) atoms. The third-order valence-electron chi connectivity index (χ3n) is 3.16. The van der Waals surface area contributed by atoms with Crippen molar-refractivity contribution in [3.63, 3.8) is 0 Å². The van der Waals surface area contributed by atoms with E-state index in [0.29, 0.717) is 11.3 Å². The van der Waals surface area contributed by atoms with Crippen LogP contribution in [0.15, 0.2) is 42.5 Å². The summed E-state index contributed by atoms with van der Waals surface area (Å²) in [5, 5.41) is 13.4. The van der Waals surface area contributed by atoms with Gasteiger partial charge in [-0.15, -0.1) is 0 Å². The Kier molecular flexibility index (Phi) is 6.20. The zero-order chi connectivity index (χ0) is 19.1. The summed E-state index contributed by atoms with van der Waals surface area (Å²) in [6.45, 7) is 1.39. The maximum atomic E-state index is 13.2. The Hall–Kier alpha value is -3.49. The fourth-order valence-electron chi connectivity index (χ4n) is 2.00. The van der Waals surface area contributed by atoms with Crippen LogP contribution in [-0.4, -0.2) is 30.0 Å². The van der Waals surface area contributed by atoms with Crippen LogP contribution in [0.3, 0.4) is 0 Å². The second-order valence-corrected chi connectivity index (χ2v) is 5.00. The van der Waals surface area contributed by atoms with Gasteiger partial charge in [0.15, 0.2) is 6.61 Å². The standard InChI is InChI=1S/C17H15FN2O6/c1-2-25-17(22)11-3-6-13(7-4-11)19-16(21)10-26-15-9-12(18)5-8-14(15)20(23)24/h3-9H,2,10H2,1H3,(H,19,21). The Labute approximate surface area is 147 Å². The second-order valence-electron chi connectivity index (χ2n) is 5.00. The van der Waals surface area contributed by atoms with Gasteiger partial charge in [-0.1, -0.05) is 0 Å².